The van der Waals surface area contributed by atoms with Crippen molar-refractivity contribution in [3.63, 3.8) is 0 Å². The van der Waals surface area contributed by atoms with Gasteiger partial charge >= 0.3 is 0 Å². The average Bonchev–Trinajstić information content (AvgIpc) is 3.18. The van der Waals surface area contributed by atoms with Crippen LogP contribution >= 0.6 is 11.6 Å². The van der Waals surface area contributed by atoms with Crippen molar-refractivity contribution in [2.24, 2.45) is 7.05 Å². The number of benzene rings is 1. The second-order valence-corrected chi connectivity index (χ2v) is 8.89. The summed E-state index contributed by atoms with van der Waals surface area (Å²) in [5.74, 6) is 0.799. The van der Waals surface area contributed by atoms with Crippen molar-refractivity contribution in [2.75, 3.05) is 6.54 Å². The molecule has 3 heterocycles. The minimum atomic E-state index is -3.67. The van der Waals surface area contributed by atoms with Crippen molar-refractivity contribution in [2.45, 2.75) is 31.7 Å². The van der Waals surface area contributed by atoms with Crippen molar-refractivity contribution in [1.29, 1.82) is 0 Å². The van der Waals surface area contributed by atoms with Crippen LogP contribution in [0.5, 0.6) is 0 Å². The number of hydrogen-bond acceptors (Lipinski definition) is 6. The fourth-order valence-corrected chi connectivity index (χ4v) is 5.22. The van der Waals surface area contributed by atoms with Crippen LogP contribution in [0.1, 0.15) is 22.6 Å². The number of halogens is 1. The molecular formula is C17H18ClN5O3S. The van der Waals surface area contributed by atoms with Gasteiger partial charge in [0.2, 0.25) is 10.0 Å². The lowest BCUT2D eigenvalue weighted by Crippen LogP contribution is -2.36. The van der Waals surface area contributed by atoms with E-state index in [2.05, 4.69) is 15.2 Å². The topological polar surface area (TPSA) is 94.1 Å². The fraction of sp³-hybridized carbons (Fsp3) is 0.353. The van der Waals surface area contributed by atoms with Gasteiger partial charge in [0.05, 0.1) is 4.90 Å². The monoisotopic (exact) mass is 407 g/mol. The van der Waals surface area contributed by atoms with Crippen molar-refractivity contribution < 1.29 is 12.9 Å². The third kappa shape index (κ3) is 3.05. The molecule has 27 heavy (non-hydrogen) atoms. The summed E-state index contributed by atoms with van der Waals surface area (Å²) in [4.78, 5) is 4.49. The maximum absolute atomic E-state index is 13.2. The third-order valence-electron chi connectivity index (χ3n) is 4.69. The van der Waals surface area contributed by atoms with E-state index in [1.54, 1.807) is 36.7 Å². The second-order valence-electron chi connectivity index (χ2n) is 6.54. The van der Waals surface area contributed by atoms with E-state index in [0.717, 1.165) is 11.3 Å². The SMILES string of the molecule is Cc1noc(-c2nn(C)c3c2CN(S(=O)(=O)c2ccc(Cl)cc2C)CC3)n1. The Morgan fingerprint density at radius 3 is 2.70 bits per heavy atom. The normalized spacial score (nSPS) is 15.1. The first-order chi connectivity index (χ1) is 12.8. The molecule has 0 spiro atoms. The van der Waals surface area contributed by atoms with E-state index < -0.39 is 10.0 Å². The van der Waals surface area contributed by atoms with Gasteiger partial charge in [-0.1, -0.05) is 16.8 Å². The molecule has 142 valence electrons. The summed E-state index contributed by atoms with van der Waals surface area (Å²) in [6.45, 7) is 4.04. The minimum absolute atomic E-state index is 0.199. The molecule has 3 aromatic rings. The van der Waals surface area contributed by atoms with Gasteiger partial charge in [0.1, 0.15) is 0 Å². The van der Waals surface area contributed by atoms with E-state index in [0.29, 0.717) is 41.0 Å². The zero-order valence-corrected chi connectivity index (χ0v) is 16.7. The minimum Gasteiger partial charge on any atom is -0.332 e. The fourth-order valence-electron chi connectivity index (χ4n) is 3.38. The molecular weight excluding hydrogens is 390 g/mol. The van der Waals surface area contributed by atoms with E-state index in [1.165, 1.54) is 4.31 Å². The van der Waals surface area contributed by atoms with Crippen molar-refractivity contribution >= 4 is 21.6 Å². The molecule has 0 radical (unpaired) electrons. The molecule has 0 unspecified atom stereocenters. The van der Waals surface area contributed by atoms with E-state index in [9.17, 15) is 8.42 Å². The molecule has 4 rings (SSSR count). The predicted octanol–water partition coefficient (Wildman–Crippen LogP) is 2.49. The van der Waals surface area contributed by atoms with Crippen molar-refractivity contribution in [1.82, 2.24) is 24.2 Å². The van der Waals surface area contributed by atoms with Crippen LogP contribution in [0, 0.1) is 13.8 Å². The summed E-state index contributed by atoms with van der Waals surface area (Å²) < 4.78 is 34.8. The third-order valence-corrected chi connectivity index (χ3v) is 6.93. The molecule has 1 aliphatic heterocycles. The number of nitrogens with zero attached hydrogens (tertiary/aromatic N) is 5. The van der Waals surface area contributed by atoms with Gasteiger partial charge in [-0.15, -0.1) is 0 Å². The van der Waals surface area contributed by atoms with E-state index in [1.807, 2.05) is 7.05 Å². The second kappa shape index (κ2) is 6.43. The summed E-state index contributed by atoms with van der Waals surface area (Å²) in [7, 11) is -1.83. The highest BCUT2D eigenvalue weighted by Crippen LogP contribution is 2.32. The first-order valence-electron chi connectivity index (χ1n) is 8.39. The Morgan fingerprint density at radius 2 is 2.04 bits per heavy atom. The molecule has 0 aliphatic carbocycles. The molecule has 1 aromatic carbocycles. The quantitative estimate of drug-likeness (QED) is 0.662. The van der Waals surface area contributed by atoms with Crippen LogP contribution in [-0.4, -0.2) is 39.2 Å². The zero-order chi connectivity index (χ0) is 19.3. The van der Waals surface area contributed by atoms with Gasteiger partial charge in [-0.25, -0.2) is 8.42 Å². The zero-order valence-electron chi connectivity index (χ0n) is 15.1. The Bertz CT molecular complexity index is 1140. The van der Waals surface area contributed by atoms with Gasteiger partial charge < -0.3 is 4.52 Å². The number of sulfonamides is 1. The van der Waals surface area contributed by atoms with Gasteiger partial charge in [0, 0.05) is 42.8 Å². The number of hydrogen-bond donors (Lipinski definition) is 0. The summed E-state index contributed by atoms with van der Waals surface area (Å²) in [5, 5.41) is 8.79. The van der Waals surface area contributed by atoms with Crippen LogP contribution in [0.2, 0.25) is 5.02 Å². The van der Waals surface area contributed by atoms with Crippen LogP contribution < -0.4 is 0 Å². The van der Waals surface area contributed by atoms with Crippen LogP contribution in [0.15, 0.2) is 27.6 Å². The summed E-state index contributed by atoms with van der Waals surface area (Å²) in [6, 6.07) is 4.79. The Hall–Kier alpha value is -2.23. The largest absolute Gasteiger partial charge is 0.332 e. The molecule has 0 saturated carbocycles. The molecule has 0 fully saturated rings. The van der Waals surface area contributed by atoms with Gasteiger partial charge in [0.15, 0.2) is 11.5 Å². The molecule has 0 amide bonds. The molecule has 0 N–H and O–H groups in total. The molecule has 2 aromatic heterocycles. The standard InChI is InChI=1S/C17H18ClN5O3S/c1-10-8-12(18)4-5-15(10)27(24,25)23-7-6-14-13(9-23)16(20-22(14)3)17-19-11(2)21-26-17/h4-5,8H,6-7,9H2,1-3H3. The Balaban J connectivity index is 1.74. The van der Waals surface area contributed by atoms with Crippen LogP contribution in [0.25, 0.3) is 11.6 Å². The number of aryl methyl sites for hydroxylation is 3. The predicted molar refractivity (Wildman–Crippen MR) is 98.7 cm³/mol. The first-order valence-corrected chi connectivity index (χ1v) is 10.2. The lowest BCUT2D eigenvalue weighted by Gasteiger charge is -2.27. The maximum atomic E-state index is 13.2. The van der Waals surface area contributed by atoms with E-state index in [4.69, 9.17) is 16.1 Å². The summed E-state index contributed by atoms with van der Waals surface area (Å²) in [5.41, 5.74) is 2.91. The Morgan fingerprint density at radius 1 is 1.26 bits per heavy atom. The molecule has 8 nitrogen and oxygen atoms in total. The van der Waals surface area contributed by atoms with Gasteiger partial charge in [-0.3, -0.25) is 4.68 Å². The average molecular weight is 408 g/mol. The molecule has 1 aliphatic rings. The number of rotatable bonds is 3. The summed E-state index contributed by atoms with van der Waals surface area (Å²) in [6.07, 6.45) is 0.553. The van der Waals surface area contributed by atoms with Crippen molar-refractivity contribution in [3.05, 3.63) is 45.9 Å². The molecule has 0 bridgehead atoms. The smallest absolute Gasteiger partial charge is 0.278 e. The van der Waals surface area contributed by atoms with Crippen LogP contribution in [0.3, 0.4) is 0 Å². The molecule has 0 atom stereocenters. The first kappa shape index (κ1) is 18.1. The van der Waals surface area contributed by atoms with E-state index in [-0.39, 0.29) is 11.4 Å². The van der Waals surface area contributed by atoms with Crippen molar-refractivity contribution in [3.8, 4) is 11.6 Å². The van der Waals surface area contributed by atoms with E-state index >= 15 is 0 Å². The highest BCUT2D eigenvalue weighted by atomic mass is 35.5. The highest BCUT2D eigenvalue weighted by Gasteiger charge is 2.34. The summed E-state index contributed by atoms with van der Waals surface area (Å²) >= 11 is 5.97. The maximum Gasteiger partial charge on any atom is 0.278 e. The van der Waals surface area contributed by atoms with Crippen LogP contribution in [-0.2, 0) is 30.0 Å². The van der Waals surface area contributed by atoms with Gasteiger partial charge in [0.25, 0.3) is 5.89 Å². The Kier molecular flexibility index (Phi) is 4.32. The molecule has 10 heteroatoms. The number of fused-ring (bicyclic) bond motifs is 1. The number of aromatic nitrogens is 4. The lowest BCUT2D eigenvalue weighted by atomic mass is 10.1. The van der Waals surface area contributed by atoms with Gasteiger partial charge in [-0.05, 0) is 37.6 Å². The highest BCUT2D eigenvalue weighted by molar-refractivity contribution is 7.89. The Labute approximate surface area is 161 Å². The molecule has 0 saturated heterocycles. The van der Waals surface area contributed by atoms with Gasteiger partial charge in [-0.2, -0.15) is 14.4 Å². The van der Waals surface area contributed by atoms with Crippen LogP contribution in [0.4, 0.5) is 0 Å². The lowest BCUT2D eigenvalue weighted by molar-refractivity contribution is 0.384.